The normalized spacial score (nSPS) is 52.8. The number of aliphatic hydroxyl groups excluding tert-OH is 7. The molecule has 8 N–H and O–H groups in total. The summed E-state index contributed by atoms with van der Waals surface area (Å²) in [4.78, 5) is 24.6. The zero-order valence-corrected chi connectivity index (χ0v) is 36.1. The number of hydrogen-bond donors (Lipinski definition) is 8. The Balaban J connectivity index is 1.17. The molecule has 59 heavy (non-hydrogen) atoms. The fourth-order valence-electron chi connectivity index (χ4n) is 14.1. The molecule has 5 aliphatic carbocycles. The quantitative estimate of drug-likeness (QED) is 0.104. The SMILES string of the molecule is CC(=O)OC1CC(C)(C)CC2C3=CCC4C5(C)CCC(OC6OC(C(=O)O)C(O)C(O)C6OC6OC(CO)C(O)C(O)C6O)C(C)(C)C5CCC4(C)C3(C)CC(O)C12C. The Bertz CT molecular complexity index is 1650. The molecule has 336 valence electrons. The van der Waals surface area contributed by atoms with E-state index in [9.17, 15) is 50.4 Å². The number of rotatable bonds is 7. The molecule has 0 amide bonds. The van der Waals surface area contributed by atoms with Crippen LogP contribution >= 0.6 is 0 Å². The smallest absolute Gasteiger partial charge is 0.335 e. The summed E-state index contributed by atoms with van der Waals surface area (Å²) in [7, 11) is 0. The maximum absolute atomic E-state index is 12.4. The number of fused-ring (bicyclic) bond motifs is 7. The Morgan fingerprint density at radius 3 is 2.07 bits per heavy atom. The molecule has 0 radical (unpaired) electrons. The molecule has 4 saturated carbocycles. The molecule has 20 unspecified atom stereocenters. The van der Waals surface area contributed by atoms with Gasteiger partial charge >= 0.3 is 11.9 Å². The third-order valence-electron chi connectivity index (χ3n) is 17.6. The number of aliphatic carboxylic acids is 1. The van der Waals surface area contributed by atoms with Crippen LogP contribution in [0.4, 0.5) is 0 Å². The molecule has 20 atom stereocenters. The fraction of sp³-hybridized carbons (Fsp3) is 0.909. The molecule has 0 aromatic heterocycles. The Morgan fingerprint density at radius 1 is 0.763 bits per heavy atom. The molecule has 15 heteroatoms. The highest BCUT2D eigenvalue weighted by Crippen LogP contribution is 2.76. The molecule has 15 nitrogen and oxygen atoms in total. The molecule has 7 rings (SSSR count). The van der Waals surface area contributed by atoms with Gasteiger partial charge in [-0.15, -0.1) is 0 Å². The van der Waals surface area contributed by atoms with Gasteiger partial charge in [0.25, 0.3) is 0 Å². The monoisotopic (exact) mass is 838 g/mol. The van der Waals surface area contributed by atoms with E-state index in [1.54, 1.807) is 0 Å². The molecule has 2 aliphatic heterocycles. The predicted molar refractivity (Wildman–Crippen MR) is 209 cm³/mol. The highest BCUT2D eigenvalue weighted by Gasteiger charge is 2.71. The molecule has 0 bridgehead atoms. The molecule has 7 aliphatic rings. The number of carbonyl (C=O) groups is 2. The Hall–Kier alpha value is -1.76. The number of carboxylic acid groups (broad SMARTS) is 1. The second-order valence-corrected chi connectivity index (χ2v) is 21.6. The van der Waals surface area contributed by atoms with Crippen LogP contribution in [0.1, 0.15) is 114 Å². The molecule has 2 saturated heterocycles. The van der Waals surface area contributed by atoms with Crippen LogP contribution in [-0.2, 0) is 33.3 Å². The third kappa shape index (κ3) is 6.87. The minimum Gasteiger partial charge on any atom is -0.479 e. The average Bonchev–Trinajstić information content (AvgIpc) is 3.13. The van der Waals surface area contributed by atoms with Gasteiger partial charge in [-0.3, -0.25) is 4.79 Å². The van der Waals surface area contributed by atoms with Gasteiger partial charge in [-0.05, 0) is 96.2 Å². The summed E-state index contributed by atoms with van der Waals surface area (Å²) in [5.74, 6) is -1.42. The van der Waals surface area contributed by atoms with Crippen LogP contribution < -0.4 is 0 Å². The highest BCUT2D eigenvalue weighted by molar-refractivity contribution is 5.73. The highest BCUT2D eigenvalue weighted by atomic mass is 16.8. The van der Waals surface area contributed by atoms with Gasteiger partial charge in [0.2, 0.25) is 0 Å². The summed E-state index contributed by atoms with van der Waals surface area (Å²) < 4.78 is 30.0. The molecule has 0 spiro atoms. The Kier molecular flexibility index (Phi) is 11.7. The minimum absolute atomic E-state index is 0.0466. The van der Waals surface area contributed by atoms with Gasteiger partial charge in [0.05, 0.1) is 18.8 Å². The predicted octanol–water partition coefficient (Wildman–Crippen LogP) is 2.42. The van der Waals surface area contributed by atoms with Crippen LogP contribution in [0.2, 0.25) is 0 Å². The summed E-state index contributed by atoms with van der Waals surface area (Å²) in [6, 6.07) is 0. The van der Waals surface area contributed by atoms with Crippen LogP contribution in [0.25, 0.3) is 0 Å². The van der Waals surface area contributed by atoms with E-state index >= 15 is 0 Å². The standard InChI is InChI=1S/C44H70O15/c1-20(46)55-28-18-39(2,3)16-22-21-10-11-25-41(6)14-13-27(40(4,5)24(41)12-15-42(25,7)43(21,8)17-26(47)44(22,28)9)57-38-35(32(51)31(50)34(58-38)36(53)54)59-37-33(52)30(49)29(48)23(19-45)56-37/h10,22-35,37-38,45,47-52H,11-19H2,1-9H3,(H,53,54). The van der Waals surface area contributed by atoms with Gasteiger partial charge in [-0.2, -0.15) is 0 Å². The second-order valence-electron chi connectivity index (χ2n) is 21.6. The number of esters is 1. The van der Waals surface area contributed by atoms with E-state index < -0.39 is 103 Å². The van der Waals surface area contributed by atoms with Crippen LogP contribution in [0.15, 0.2) is 11.6 Å². The van der Waals surface area contributed by atoms with Crippen LogP contribution in [0.5, 0.6) is 0 Å². The van der Waals surface area contributed by atoms with E-state index in [4.69, 9.17) is 23.7 Å². The number of allylic oxidation sites excluding steroid dienone is 2. The number of hydrogen-bond acceptors (Lipinski definition) is 14. The Labute approximate surface area is 347 Å². The molecular weight excluding hydrogens is 768 g/mol. The van der Waals surface area contributed by atoms with Crippen molar-refractivity contribution in [3.05, 3.63) is 11.6 Å². The molecule has 0 aromatic rings. The Morgan fingerprint density at radius 2 is 1.44 bits per heavy atom. The molecule has 0 aromatic carbocycles. The van der Waals surface area contributed by atoms with Crippen molar-refractivity contribution in [1.29, 1.82) is 0 Å². The van der Waals surface area contributed by atoms with E-state index in [0.717, 1.165) is 32.1 Å². The van der Waals surface area contributed by atoms with Crippen molar-refractivity contribution in [2.45, 2.75) is 193 Å². The second kappa shape index (κ2) is 15.2. The van der Waals surface area contributed by atoms with Crippen molar-refractivity contribution in [3.63, 3.8) is 0 Å². The van der Waals surface area contributed by atoms with E-state index in [2.05, 4.69) is 61.5 Å². The van der Waals surface area contributed by atoms with Crippen molar-refractivity contribution in [2.75, 3.05) is 6.61 Å². The average molecular weight is 839 g/mol. The largest absolute Gasteiger partial charge is 0.479 e. The molecule has 6 fully saturated rings. The first-order valence-corrected chi connectivity index (χ1v) is 21.7. The maximum atomic E-state index is 12.4. The van der Waals surface area contributed by atoms with Crippen molar-refractivity contribution in [2.24, 2.45) is 50.2 Å². The van der Waals surface area contributed by atoms with Crippen molar-refractivity contribution in [1.82, 2.24) is 0 Å². The van der Waals surface area contributed by atoms with Crippen molar-refractivity contribution < 1.29 is 74.1 Å². The third-order valence-corrected chi connectivity index (χ3v) is 17.6. The van der Waals surface area contributed by atoms with Crippen molar-refractivity contribution in [3.8, 4) is 0 Å². The first-order valence-electron chi connectivity index (χ1n) is 21.7. The van der Waals surface area contributed by atoms with E-state index in [0.29, 0.717) is 19.3 Å². The summed E-state index contributed by atoms with van der Waals surface area (Å²) in [5.41, 5.74) is -0.481. The minimum atomic E-state index is -1.95. The zero-order chi connectivity index (χ0) is 43.6. The fourth-order valence-corrected chi connectivity index (χ4v) is 14.1. The van der Waals surface area contributed by atoms with Crippen molar-refractivity contribution >= 4 is 11.9 Å². The van der Waals surface area contributed by atoms with Gasteiger partial charge < -0.3 is 64.5 Å². The topological polar surface area (TPSA) is 242 Å². The van der Waals surface area contributed by atoms with E-state index in [1.807, 2.05) is 0 Å². The van der Waals surface area contributed by atoms with Crippen LogP contribution in [0, 0.1) is 50.2 Å². The zero-order valence-electron chi connectivity index (χ0n) is 36.1. The number of aliphatic hydroxyl groups is 7. The first-order chi connectivity index (χ1) is 27.3. The lowest BCUT2D eigenvalue weighted by atomic mass is 9.33. The first kappa shape index (κ1) is 45.3. The lowest BCUT2D eigenvalue weighted by Crippen LogP contribution is -2.68. The van der Waals surface area contributed by atoms with Gasteiger partial charge in [-0.25, -0.2) is 4.79 Å². The number of ether oxygens (including phenoxy) is 5. The van der Waals surface area contributed by atoms with Gasteiger partial charge in [-0.1, -0.05) is 67.0 Å². The summed E-state index contributed by atoms with van der Waals surface area (Å²) in [5, 5.41) is 85.6. The van der Waals surface area contributed by atoms with Gasteiger partial charge in [0.1, 0.15) is 48.8 Å². The summed E-state index contributed by atoms with van der Waals surface area (Å²) >= 11 is 0. The van der Waals surface area contributed by atoms with Crippen LogP contribution in [0.3, 0.4) is 0 Å². The van der Waals surface area contributed by atoms with Gasteiger partial charge in [0, 0.05) is 12.3 Å². The summed E-state index contributed by atoms with van der Waals surface area (Å²) in [6.45, 7) is 18.7. The number of carbonyl (C=O) groups excluding carboxylic acids is 1. The van der Waals surface area contributed by atoms with Gasteiger partial charge in [0.15, 0.2) is 18.7 Å². The summed E-state index contributed by atoms with van der Waals surface area (Å²) in [6.07, 6.45) is -10.2. The van der Waals surface area contributed by atoms with Crippen LogP contribution in [-0.4, -0.2) is 139 Å². The molecular formula is C44H70O15. The van der Waals surface area contributed by atoms with E-state index in [1.165, 1.54) is 12.5 Å². The lowest BCUT2D eigenvalue weighted by Gasteiger charge is -2.72. The lowest BCUT2D eigenvalue weighted by molar-refractivity contribution is -0.374. The van der Waals surface area contributed by atoms with E-state index in [-0.39, 0.29) is 45.4 Å². The number of carboxylic acids is 1. The molecule has 2 heterocycles. The maximum Gasteiger partial charge on any atom is 0.335 e.